The van der Waals surface area contributed by atoms with E-state index in [0.29, 0.717) is 17.6 Å². The van der Waals surface area contributed by atoms with E-state index in [1.54, 1.807) is 12.1 Å². The van der Waals surface area contributed by atoms with Gasteiger partial charge in [-0.3, -0.25) is 0 Å². The maximum atomic E-state index is 13.9. The lowest BCUT2D eigenvalue weighted by Gasteiger charge is -2.27. The van der Waals surface area contributed by atoms with Gasteiger partial charge >= 0.3 is 0 Å². The van der Waals surface area contributed by atoms with Gasteiger partial charge in [0.25, 0.3) is 0 Å². The Bertz CT molecular complexity index is 858. The SMILES string of the molecule is Fc1ccc(F)c(-c2ccc(N[C@H]3C[C@@H]4CN(CC5CCOCC5)C[C@@H]4C3)nn2)c1. The summed E-state index contributed by atoms with van der Waals surface area (Å²) in [7, 11) is 0. The van der Waals surface area contributed by atoms with Gasteiger partial charge in [0.1, 0.15) is 17.5 Å². The van der Waals surface area contributed by atoms with Crippen molar-refractivity contribution in [3.8, 4) is 11.3 Å². The third-order valence-corrected chi connectivity index (χ3v) is 6.90. The molecule has 5 rings (SSSR count). The van der Waals surface area contributed by atoms with Crippen LogP contribution in [-0.4, -0.2) is 54.0 Å². The minimum Gasteiger partial charge on any atom is -0.381 e. The molecule has 3 atom stereocenters. The molecule has 0 unspecified atom stereocenters. The summed E-state index contributed by atoms with van der Waals surface area (Å²) < 4.78 is 32.8. The van der Waals surface area contributed by atoms with Crippen molar-refractivity contribution in [1.82, 2.24) is 15.1 Å². The summed E-state index contributed by atoms with van der Waals surface area (Å²) in [5.41, 5.74) is 0.471. The number of aromatic nitrogens is 2. The smallest absolute Gasteiger partial charge is 0.148 e. The van der Waals surface area contributed by atoms with E-state index in [2.05, 4.69) is 20.4 Å². The molecule has 3 aliphatic rings. The molecule has 1 aliphatic carbocycles. The number of halogens is 2. The van der Waals surface area contributed by atoms with Gasteiger partial charge in [-0.15, -0.1) is 10.2 Å². The first kappa shape index (κ1) is 19.8. The first-order valence-corrected chi connectivity index (χ1v) is 11.0. The van der Waals surface area contributed by atoms with Crippen molar-refractivity contribution in [1.29, 1.82) is 0 Å². The first-order valence-electron chi connectivity index (χ1n) is 11.0. The molecule has 5 nitrogen and oxygen atoms in total. The predicted molar refractivity (Wildman–Crippen MR) is 111 cm³/mol. The molecule has 1 aromatic heterocycles. The minimum absolute atomic E-state index is 0.133. The predicted octanol–water partition coefficient (Wildman–Crippen LogP) is 3.97. The number of nitrogens with one attached hydrogen (secondary N) is 1. The first-order chi connectivity index (χ1) is 14.6. The van der Waals surface area contributed by atoms with Crippen LogP contribution < -0.4 is 5.32 Å². The lowest BCUT2D eigenvalue weighted by molar-refractivity contribution is 0.0545. The van der Waals surface area contributed by atoms with E-state index < -0.39 is 11.6 Å². The molecule has 0 amide bonds. The molecular formula is C23H28F2N4O. The molecule has 0 bridgehead atoms. The van der Waals surface area contributed by atoms with Gasteiger partial charge in [0, 0.05) is 44.5 Å². The average molecular weight is 415 g/mol. The van der Waals surface area contributed by atoms with Crippen LogP contribution in [0, 0.1) is 29.4 Å². The van der Waals surface area contributed by atoms with Gasteiger partial charge in [0.15, 0.2) is 0 Å². The van der Waals surface area contributed by atoms with Crippen LogP contribution in [0.25, 0.3) is 11.3 Å². The highest BCUT2D eigenvalue weighted by Crippen LogP contribution is 2.39. The third-order valence-electron chi connectivity index (χ3n) is 6.90. The molecule has 1 N–H and O–H groups in total. The van der Waals surface area contributed by atoms with Crippen molar-refractivity contribution < 1.29 is 13.5 Å². The normalized spacial score (nSPS) is 27.3. The van der Waals surface area contributed by atoms with E-state index >= 15 is 0 Å². The topological polar surface area (TPSA) is 50.3 Å². The highest BCUT2D eigenvalue weighted by Gasteiger charge is 2.41. The maximum absolute atomic E-state index is 13.9. The molecule has 30 heavy (non-hydrogen) atoms. The van der Waals surface area contributed by atoms with E-state index in [9.17, 15) is 8.78 Å². The van der Waals surface area contributed by atoms with Crippen molar-refractivity contribution in [2.24, 2.45) is 17.8 Å². The molecule has 2 aromatic rings. The van der Waals surface area contributed by atoms with Gasteiger partial charge in [-0.05, 0) is 73.8 Å². The fourth-order valence-electron chi connectivity index (χ4n) is 5.41. The molecule has 3 fully saturated rings. The second-order valence-electron chi connectivity index (χ2n) is 9.04. The Morgan fingerprint density at radius 1 is 1.00 bits per heavy atom. The summed E-state index contributed by atoms with van der Waals surface area (Å²) in [5.74, 6) is 1.99. The van der Waals surface area contributed by atoms with Crippen LogP contribution in [0.3, 0.4) is 0 Å². The monoisotopic (exact) mass is 414 g/mol. The fraction of sp³-hybridized carbons (Fsp3) is 0.565. The largest absolute Gasteiger partial charge is 0.381 e. The summed E-state index contributed by atoms with van der Waals surface area (Å²) in [6.07, 6.45) is 4.70. The average Bonchev–Trinajstić information content (AvgIpc) is 3.29. The maximum Gasteiger partial charge on any atom is 0.148 e. The van der Waals surface area contributed by atoms with Gasteiger partial charge in [-0.1, -0.05) is 0 Å². The molecule has 2 aliphatic heterocycles. The van der Waals surface area contributed by atoms with Crippen molar-refractivity contribution in [3.63, 3.8) is 0 Å². The van der Waals surface area contributed by atoms with E-state index in [-0.39, 0.29) is 5.56 Å². The summed E-state index contributed by atoms with van der Waals surface area (Å²) in [6.45, 7) is 5.46. The van der Waals surface area contributed by atoms with Gasteiger partial charge in [0.05, 0.1) is 5.69 Å². The molecule has 3 heterocycles. The van der Waals surface area contributed by atoms with Gasteiger partial charge in [0.2, 0.25) is 0 Å². The van der Waals surface area contributed by atoms with Crippen molar-refractivity contribution in [3.05, 3.63) is 42.0 Å². The molecular weight excluding hydrogens is 386 g/mol. The van der Waals surface area contributed by atoms with Gasteiger partial charge < -0.3 is 15.0 Å². The van der Waals surface area contributed by atoms with Crippen molar-refractivity contribution >= 4 is 5.82 Å². The van der Waals surface area contributed by atoms with Crippen molar-refractivity contribution in [2.45, 2.75) is 31.7 Å². The molecule has 1 aromatic carbocycles. The van der Waals surface area contributed by atoms with Gasteiger partial charge in [-0.25, -0.2) is 8.78 Å². The van der Waals surface area contributed by atoms with Crippen LogP contribution in [0.2, 0.25) is 0 Å². The second kappa shape index (κ2) is 8.55. The molecule has 160 valence electrons. The zero-order chi connectivity index (χ0) is 20.5. The molecule has 1 saturated carbocycles. The Labute approximate surface area is 175 Å². The number of hydrogen-bond acceptors (Lipinski definition) is 5. The molecule has 7 heteroatoms. The lowest BCUT2D eigenvalue weighted by atomic mass is 10.00. The summed E-state index contributed by atoms with van der Waals surface area (Å²) >= 11 is 0. The number of nitrogens with zero attached hydrogens (tertiary/aromatic N) is 3. The Morgan fingerprint density at radius 2 is 1.77 bits per heavy atom. The van der Waals surface area contributed by atoms with Crippen LogP contribution in [0.4, 0.5) is 14.6 Å². The number of ether oxygens (including phenoxy) is 1. The molecule has 0 spiro atoms. The van der Waals surface area contributed by atoms with E-state index in [0.717, 1.165) is 62.0 Å². The molecule has 0 radical (unpaired) electrons. The summed E-state index contributed by atoms with van der Waals surface area (Å²) in [6, 6.07) is 7.26. The van der Waals surface area contributed by atoms with Crippen LogP contribution in [0.15, 0.2) is 30.3 Å². The standard InChI is InChI=1S/C23H28F2N4O/c24-18-1-2-21(25)20(11-18)22-3-4-23(28-27-22)26-19-9-16-13-29(14-17(16)10-19)12-15-5-7-30-8-6-15/h1-4,11,15-17,19H,5-10,12-14H2,(H,26,28)/t16-,17+,19+. The second-order valence-corrected chi connectivity index (χ2v) is 9.04. The van der Waals surface area contributed by atoms with E-state index in [1.165, 1.54) is 32.5 Å². The zero-order valence-electron chi connectivity index (χ0n) is 17.1. The Hall–Kier alpha value is -2.12. The lowest BCUT2D eigenvalue weighted by Crippen LogP contribution is -2.32. The Balaban J connectivity index is 1.14. The number of fused-ring (bicyclic) bond motifs is 1. The van der Waals surface area contributed by atoms with Crippen LogP contribution in [0.5, 0.6) is 0 Å². The van der Waals surface area contributed by atoms with E-state index in [1.807, 2.05) is 0 Å². The quantitative estimate of drug-likeness (QED) is 0.802. The summed E-state index contributed by atoms with van der Waals surface area (Å²) in [4.78, 5) is 2.66. The number of likely N-dealkylation sites (tertiary alicyclic amines) is 1. The van der Waals surface area contributed by atoms with Crippen LogP contribution >= 0.6 is 0 Å². The number of hydrogen-bond donors (Lipinski definition) is 1. The van der Waals surface area contributed by atoms with Crippen molar-refractivity contribution in [2.75, 3.05) is 38.2 Å². The van der Waals surface area contributed by atoms with Gasteiger partial charge in [-0.2, -0.15) is 0 Å². The number of rotatable bonds is 5. The van der Waals surface area contributed by atoms with Crippen LogP contribution in [0.1, 0.15) is 25.7 Å². The Morgan fingerprint density at radius 3 is 2.47 bits per heavy atom. The highest BCUT2D eigenvalue weighted by atomic mass is 19.1. The number of anilines is 1. The molecule has 2 saturated heterocycles. The highest BCUT2D eigenvalue weighted by molar-refractivity contribution is 5.60. The third kappa shape index (κ3) is 4.32. The van der Waals surface area contributed by atoms with E-state index in [4.69, 9.17) is 4.74 Å². The summed E-state index contributed by atoms with van der Waals surface area (Å²) in [5, 5.41) is 11.8. The number of benzene rings is 1. The Kier molecular flexibility index (Phi) is 5.65. The fourth-order valence-corrected chi connectivity index (χ4v) is 5.41. The zero-order valence-corrected chi connectivity index (χ0v) is 17.1. The van der Waals surface area contributed by atoms with Crippen LogP contribution in [-0.2, 0) is 4.74 Å². The minimum atomic E-state index is -0.500.